The molecule has 96 valence electrons. The van der Waals surface area contributed by atoms with Gasteiger partial charge in [-0.05, 0) is 75.5 Å². The molecular formula is C16H28N+. The van der Waals surface area contributed by atoms with Crippen molar-refractivity contribution in [2.24, 2.45) is 23.2 Å². The molecule has 0 amide bonds. The molecule has 4 aliphatic carbocycles. The molecule has 1 N–H and O–H groups in total. The van der Waals surface area contributed by atoms with Gasteiger partial charge < -0.3 is 4.90 Å². The standard InChI is InChI=1S/C16H27N/c1-2-4-17(5-3-1)12-16-9-13-6-14(10-16)8-15(7-13)11-16/h13-15H,1-12H2/p+1. The van der Waals surface area contributed by atoms with Gasteiger partial charge in [0.25, 0.3) is 0 Å². The van der Waals surface area contributed by atoms with E-state index in [1.807, 2.05) is 4.90 Å². The van der Waals surface area contributed by atoms with Crippen LogP contribution in [0.3, 0.4) is 0 Å². The van der Waals surface area contributed by atoms with Crippen molar-refractivity contribution in [2.75, 3.05) is 19.6 Å². The minimum Gasteiger partial charge on any atom is -0.334 e. The predicted molar refractivity (Wildman–Crippen MR) is 70.0 cm³/mol. The van der Waals surface area contributed by atoms with Crippen molar-refractivity contribution in [3.05, 3.63) is 0 Å². The Labute approximate surface area is 106 Å². The Morgan fingerprint density at radius 3 is 1.82 bits per heavy atom. The number of piperidine rings is 1. The molecule has 4 saturated carbocycles. The molecule has 0 aromatic rings. The van der Waals surface area contributed by atoms with E-state index in [4.69, 9.17) is 0 Å². The highest BCUT2D eigenvalue weighted by Gasteiger charge is 2.52. The fourth-order valence-electron chi connectivity index (χ4n) is 6.27. The number of rotatable bonds is 2. The Hall–Kier alpha value is -0.0400. The van der Waals surface area contributed by atoms with Crippen molar-refractivity contribution in [1.29, 1.82) is 0 Å². The van der Waals surface area contributed by atoms with Crippen LogP contribution in [-0.4, -0.2) is 19.6 Å². The SMILES string of the molecule is C1CC[NH+](CC23CC4CC(CC(C4)C2)C3)CC1. The minimum absolute atomic E-state index is 0.821. The van der Waals surface area contributed by atoms with Crippen molar-refractivity contribution in [3.63, 3.8) is 0 Å². The maximum absolute atomic E-state index is 1.97. The second-order valence-corrected chi connectivity index (χ2v) is 7.90. The van der Waals surface area contributed by atoms with Gasteiger partial charge in [0.15, 0.2) is 0 Å². The lowest BCUT2D eigenvalue weighted by atomic mass is 9.49. The van der Waals surface area contributed by atoms with Gasteiger partial charge in [0.05, 0.1) is 19.6 Å². The third-order valence-electron chi connectivity index (χ3n) is 6.35. The number of hydrogen-bond donors (Lipinski definition) is 1. The van der Waals surface area contributed by atoms with Crippen LogP contribution in [0.2, 0.25) is 0 Å². The third-order valence-corrected chi connectivity index (χ3v) is 6.35. The van der Waals surface area contributed by atoms with Crippen LogP contribution in [0.5, 0.6) is 0 Å². The Bertz CT molecular complexity index is 255. The largest absolute Gasteiger partial charge is 0.334 e. The number of quaternary nitrogens is 1. The minimum atomic E-state index is 0.821. The summed E-state index contributed by atoms with van der Waals surface area (Å²) in [6.07, 6.45) is 14.2. The zero-order valence-corrected chi connectivity index (χ0v) is 11.2. The molecule has 1 nitrogen and oxygen atoms in total. The highest BCUT2D eigenvalue weighted by Crippen LogP contribution is 2.59. The van der Waals surface area contributed by atoms with Crippen LogP contribution < -0.4 is 4.90 Å². The van der Waals surface area contributed by atoms with Crippen LogP contribution in [0, 0.1) is 23.2 Å². The normalized spacial score (nSPS) is 49.8. The summed E-state index contributed by atoms with van der Waals surface area (Å²) in [5, 5.41) is 0. The van der Waals surface area contributed by atoms with Crippen molar-refractivity contribution in [1.82, 2.24) is 0 Å². The summed E-state index contributed by atoms with van der Waals surface area (Å²) in [4.78, 5) is 1.97. The highest BCUT2D eigenvalue weighted by molar-refractivity contribution is 5.01. The van der Waals surface area contributed by atoms with Gasteiger partial charge in [0.2, 0.25) is 0 Å². The van der Waals surface area contributed by atoms with Gasteiger partial charge >= 0.3 is 0 Å². The van der Waals surface area contributed by atoms with Crippen LogP contribution in [0.4, 0.5) is 0 Å². The van der Waals surface area contributed by atoms with Crippen molar-refractivity contribution < 1.29 is 4.90 Å². The van der Waals surface area contributed by atoms with Gasteiger partial charge in [-0.1, -0.05) is 0 Å². The maximum Gasteiger partial charge on any atom is 0.0828 e. The first-order chi connectivity index (χ1) is 8.31. The van der Waals surface area contributed by atoms with E-state index < -0.39 is 0 Å². The smallest absolute Gasteiger partial charge is 0.0828 e. The summed E-state index contributed by atoms with van der Waals surface area (Å²) in [6, 6.07) is 0. The van der Waals surface area contributed by atoms with Crippen LogP contribution in [0.15, 0.2) is 0 Å². The highest BCUT2D eigenvalue weighted by atomic mass is 15.1. The monoisotopic (exact) mass is 234 g/mol. The van der Waals surface area contributed by atoms with Crippen LogP contribution in [0.1, 0.15) is 57.8 Å². The number of hydrogen-bond acceptors (Lipinski definition) is 0. The van der Waals surface area contributed by atoms with Crippen molar-refractivity contribution in [2.45, 2.75) is 57.8 Å². The van der Waals surface area contributed by atoms with E-state index in [-0.39, 0.29) is 0 Å². The molecule has 1 heterocycles. The fourth-order valence-corrected chi connectivity index (χ4v) is 6.27. The molecule has 0 aromatic heterocycles. The molecule has 1 saturated heterocycles. The second kappa shape index (κ2) is 3.98. The lowest BCUT2D eigenvalue weighted by molar-refractivity contribution is -0.912. The van der Waals surface area contributed by atoms with Crippen molar-refractivity contribution >= 4 is 0 Å². The van der Waals surface area contributed by atoms with E-state index in [0.717, 1.165) is 23.2 Å². The molecule has 0 radical (unpaired) electrons. The molecule has 1 aliphatic heterocycles. The van der Waals surface area contributed by atoms with Crippen molar-refractivity contribution in [3.8, 4) is 0 Å². The average Bonchev–Trinajstić information content (AvgIpc) is 2.27. The lowest BCUT2D eigenvalue weighted by Gasteiger charge is -2.57. The van der Waals surface area contributed by atoms with Gasteiger partial charge in [-0.2, -0.15) is 0 Å². The summed E-state index contributed by atoms with van der Waals surface area (Å²) in [7, 11) is 0. The van der Waals surface area contributed by atoms with Crippen LogP contribution >= 0.6 is 0 Å². The quantitative estimate of drug-likeness (QED) is 0.747. The molecule has 5 fully saturated rings. The fraction of sp³-hybridized carbons (Fsp3) is 1.00. The second-order valence-electron chi connectivity index (χ2n) is 7.90. The first-order valence-electron chi connectivity index (χ1n) is 8.15. The summed E-state index contributed by atoms with van der Waals surface area (Å²) in [5.74, 6) is 3.43. The van der Waals surface area contributed by atoms with Crippen LogP contribution in [0.25, 0.3) is 0 Å². The van der Waals surface area contributed by atoms with E-state index in [9.17, 15) is 0 Å². The summed E-state index contributed by atoms with van der Waals surface area (Å²) in [5.41, 5.74) is 0.821. The van der Waals surface area contributed by atoms with Gasteiger partial charge in [-0.25, -0.2) is 0 Å². The topological polar surface area (TPSA) is 4.44 Å². The molecule has 1 heteroatoms. The van der Waals surface area contributed by atoms with Gasteiger partial charge in [0.1, 0.15) is 0 Å². The van der Waals surface area contributed by atoms with E-state index >= 15 is 0 Å². The Morgan fingerprint density at radius 1 is 0.765 bits per heavy atom. The molecule has 0 spiro atoms. The van der Waals surface area contributed by atoms with Crippen LogP contribution in [-0.2, 0) is 0 Å². The summed E-state index contributed by atoms with van der Waals surface area (Å²) in [6.45, 7) is 4.53. The maximum atomic E-state index is 1.97. The molecule has 17 heavy (non-hydrogen) atoms. The number of nitrogens with one attached hydrogen (secondary N) is 1. The average molecular weight is 234 g/mol. The first-order valence-corrected chi connectivity index (χ1v) is 8.15. The molecule has 0 aromatic carbocycles. The molecule has 0 unspecified atom stereocenters. The zero-order chi connectivity index (χ0) is 11.3. The summed E-state index contributed by atoms with van der Waals surface area (Å²) < 4.78 is 0. The zero-order valence-electron chi connectivity index (χ0n) is 11.2. The molecule has 0 atom stereocenters. The molecule has 5 aliphatic rings. The predicted octanol–water partition coefficient (Wildman–Crippen LogP) is 2.27. The molecule has 5 rings (SSSR count). The Kier molecular flexibility index (Phi) is 2.54. The molecular weight excluding hydrogens is 206 g/mol. The lowest BCUT2D eigenvalue weighted by Crippen LogP contribution is -3.14. The van der Waals surface area contributed by atoms with E-state index in [1.165, 1.54) is 32.4 Å². The molecule has 4 bridgehead atoms. The third kappa shape index (κ3) is 1.95. The van der Waals surface area contributed by atoms with E-state index in [2.05, 4.69) is 0 Å². The Morgan fingerprint density at radius 2 is 1.29 bits per heavy atom. The van der Waals surface area contributed by atoms with Gasteiger partial charge in [-0.15, -0.1) is 0 Å². The van der Waals surface area contributed by atoms with E-state index in [1.54, 1.807) is 45.1 Å². The number of likely N-dealkylation sites (tertiary alicyclic amines) is 1. The Balaban J connectivity index is 1.48. The van der Waals surface area contributed by atoms with Gasteiger partial charge in [0, 0.05) is 5.41 Å². The van der Waals surface area contributed by atoms with Gasteiger partial charge in [-0.3, -0.25) is 0 Å². The first kappa shape index (κ1) is 10.8. The van der Waals surface area contributed by atoms with E-state index in [0.29, 0.717) is 0 Å². The summed E-state index contributed by atoms with van der Waals surface area (Å²) >= 11 is 0.